The normalized spacial score (nSPS) is 21.1. The summed E-state index contributed by atoms with van der Waals surface area (Å²) in [4.78, 5) is 4.34. The lowest BCUT2D eigenvalue weighted by Crippen LogP contribution is -2.41. The van der Waals surface area contributed by atoms with Crippen molar-refractivity contribution < 1.29 is 4.52 Å². The van der Waals surface area contributed by atoms with E-state index in [2.05, 4.69) is 64.8 Å². The van der Waals surface area contributed by atoms with Gasteiger partial charge in [0.25, 0.3) is 0 Å². The van der Waals surface area contributed by atoms with E-state index in [1.165, 1.54) is 16.3 Å². The number of nitrogens with zero attached hydrogens (tertiary/aromatic N) is 2. The number of fused-ring (bicyclic) bond motifs is 1. The summed E-state index contributed by atoms with van der Waals surface area (Å²) in [5.41, 5.74) is 1.36. The number of halogens is 1. The minimum absolute atomic E-state index is 0. The Morgan fingerprint density at radius 3 is 2.62 bits per heavy atom. The summed E-state index contributed by atoms with van der Waals surface area (Å²) in [6, 6.07) is 15.9. The molecular formula is C19H22ClN3O. The fourth-order valence-electron chi connectivity index (χ4n) is 3.51. The second-order valence-corrected chi connectivity index (χ2v) is 6.50. The summed E-state index contributed by atoms with van der Waals surface area (Å²) in [5.74, 6) is 1.92. The molecule has 1 aliphatic rings. The Labute approximate surface area is 148 Å². The molecule has 0 unspecified atom stereocenters. The summed E-state index contributed by atoms with van der Waals surface area (Å²) in [5, 5.41) is 10.3. The zero-order valence-corrected chi connectivity index (χ0v) is 14.7. The molecule has 1 heterocycles. The first-order valence-electron chi connectivity index (χ1n) is 8.24. The van der Waals surface area contributed by atoms with Crippen LogP contribution in [0.1, 0.15) is 49.0 Å². The molecule has 0 radical (unpaired) electrons. The molecule has 3 aromatic rings. The van der Waals surface area contributed by atoms with Gasteiger partial charge >= 0.3 is 0 Å². The van der Waals surface area contributed by atoms with Crippen molar-refractivity contribution in [1.29, 1.82) is 0 Å². The Bertz CT molecular complexity index is 821. The Balaban J connectivity index is 0.00000169. The molecular weight excluding hydrogens is 322 g/mol. The van der Waals surface area contributed by atoms with Crippen molar-refractivity contribution in [1.82, 2.24) is 15.5 Å². The van der Waals surface area contributed by atoms with Crippen molar-refractivity contribution in [2.75, 3.05) is 0 Å². The fraction of sp³-hybridized carbons (Fsp3) is 0.368. The first kappa shape index (κ1) is 16.9. The molecule has 126 valence electrons. The monoisotopic (exact) mass is 343 g/mol. The van der Waals surface area contributed by atoms with E-state index >= 15 is 0 Å². The fourth-order valence-corrected chi connectivity index (χ4v) is 3.51. The molecule has 4 rings (SSSR count). The predicted octanol–water partition coefficient (Wildman–Crippen LogP) is 4.55. The third kappa shape index (κ3) is 3.17. The molecule has 1 aliphatic carbocycles. The van der Waals surface area contributed by atoms with Gasteiger partial charge in [-0.25, -0.2) is 0 Å². The minimum atomic E-state index is 0. The summed E-state index contributed by atoms with van der Waals surface area (Å²) >= 11 is 0. The molecule has 1 N–H and O–H groups in total. The van der Waals surface area contributed by atoms with E-state index in [1.54, 1.807) is 0 Å². The van der Waals surface area contributed by atoms with E-state index in [0.29, 0.717) is 18.0 Å². The van der Waals surface area contributed by atoms with Crippen LogP contribution in [0.25, 0.3) is 10.8 Å². The highest BCUT2D eigenvalue weighted by Crippen LogP contribution is 2.37. The van der Waals surface area contributed by atoms with Crippen LogP contribution in [-0.2, 0) is 0 Å². The van der Waals surface area contributed by atoms with Crippen molar-refractivity contribution in [3.8, 4) is 0 Å². The molecule has 5 heteroatoms. The third-order valence-corrected chi connectivity index (χ3v) is 4.81. The summed E-state index contributed by atoms with van der Waals surface area (Å²) < 4.78 is 5.27. The zero-order chi connectivity index (χ0) is 15.8. The quantitative estimate of drug-likeness (QED) is 0.755. The standard InChI is InChI=1S/C19H21N3O.ClH/c1-12(17-9-5-7-14-6-3-4-8-18(14)17)20-16-10-15(11-16)19-21-13(2)22-23-19;/h3-9,12,15-16,20H,10-11H2,1-2H3;1H/t12-,15?,16?;/m1./s1. The first-order chi connectivity index (χ1) is 11.2. The maximum absolute atomic E-state index is 5.27. The van der Waals surface area contributed by atoms with Crippen LogP contribution in [0.15, 0.2) is 47.0 Å². The van der Waals surface area contributed by atoms with Gasteiger partial charge in [0.2, 0.25) is 5.89 Å². The van der Waals surface area contributed by atoms with Gasteiger partial charge in [-0.3, -0.25) is 0 Å². The molecule has 1 fully saturated rings. The molecule has 1 aromatic heterocycles. The van der Waals surface area contributed by atoms with Gasteiger partial charge in [0.05, 0.1) is 0 Å². The topological polar surface area (TPSA) is 51.0 Å². The molecule has 0 aliphatic heterocycles. The summed E-state index contributed by atoms with van der Waals surface area (Å²) in [6.07, 6.45) is 2.13. The second-order valence-electron chi connectivity index (χ2n) is 6.50. The van der Waals surface area contributed by atoms with Gasteiger partial charge in [-0.2, -0.15) is 4.98 Å². The lowest BCUT2D eigenvalue weighted by Gasteiger charge is -2.36. The Kier molecular flexibility index (Phi) is 4.88. The molecule has 0 saturated heterocycles. The molecule has 2 aromatic carbocycles. The minimum Gasteiger partial charge on any atom is -0.339 e. The average molecular weight is 344 g/mol. The van der Waals surface area contributed by atoms with Crippen LogP contribution in [0.4, 0.5) is 0 Å². The van der Waals surface area contributed by atoms with Crippen LogP contribution >= 0.6 is 12.4 Å². The van der Waals surface area contributed by atoms with E-state index in [0.717, 1.165) is 24.6 Å². The average Bonchev–Trinajstić information content (AvgIpc) is 2.95. The van der Waals surface area contributed by atoms with Gasteiger partial charge in [-0.05, 0) is 43.0 Å². The number of aromatic nitrogens is 2. The van der Waals surface area contributed by atoms with Crippen molar-refractivity contribution >= 4 is 23.2 Å². The van der Waals surface area contributed by atoms with E-state index in [4.69, 9.17) is 4.52 Å². The third-order valence-electron chi connectivity index (χ3n) is 4.81. The van der Waals surface area contributed by atoms with E-state index < -0.39 is 0 Å². The van der Waals surface area contributed by atoms with Crippen LogP contribution in [0.3, 0.4) is 0 Å². The number of nitrogens with one attached hydrogen (secondary N) is 1. The SMILES string of the molecule is Cc1noc(C2CC(N[C@H](C)c3cccc4ccccc34)C2)n1.Cl. The van der Waals surface area contributed by atoms with Crippen LogP contribution in [-0.4, -0.2) is 16.2 Å². The van der Waals surface area contributed by atoms with Gasteiger partial charge in [0, 0.05) is 18.0 Å². The largest absolute Gasteiger partial charge is 0.339 e. The predicted molar refractivity (Wildman–Crippen MR) is 97.5 cm³/mol. The van der Waals surface area contributed by atoms with E-state index in [-0.39, 0.29) is 12.4 Å². The highest BCUT2D eigenvalue weighted by Gasteiger charge is 2.34. The first-order valence-corrected chi connectivity index (χ1v) is 8.24. The van der Waals surface area contributed by atoms with Crippen molar-refractivity contribution in [2.24, 2.45) is 0 Å². The van der Waals surface area contributed by atoms with Gasteiger partial charge in [0.1, 0.15) is 0 Å². The Hall–Kier alpha value is -1.91. The number of hydrogen-bond donors (Lipinski definition) is 1. The molecule has 0 bridgehead atoms. The summed E-state index contributed by atoms with van der Waals surface area (Å²) in [7, 11) is 0. The molecule has 4 nitrogen and oxygen atoms in total. The Morgan fingerprint density at radius 1 is 1.12 bits per heavy atom. The molecule has 1 atom stereocenters. The molecule has 24 heavy (non-hydrogen) atoms. The van der Waals surface area contributed by atoms with Crippen LogP contribution in [0, 0.1) is 6.92 Å². The number of aryl methyl sites for hydroxylation is 1. The maximum atomic E-state index is 5.27. The van der Waals surface area contributed by atoms with Crippen LogP contribution in [0.2, 0.25) is 0 Å². The van der Waals surface area contributed by atoms with Crippen molar-refractivity contribution in [2.45, 2.75) is 44.7 Å². The van der Waals surface area contributed by atoms with Crippen molar-refractivity contribution in [3.63, 3.8) is 0 Å². The highest BCUT2D eigenvalue weighted by molar-refractivity contribution is 5.86. The van der Waals surface area contributed by atoms with Gasteiger partial charge in [-0.1, -0.05) is 47.6 Å². The van der Waals surface area contributed by atoms with Gasteiger partial charge in [-0.15, -0.1) is 12.4 Å². The molecule has 1 saturated carbocycles. The molecule has 0 spiro atoms. The smallest absolute Gasteiger partial charge is 0.229 e. The van der Waals surface area contributed by atoms with E-state index in [9.17, 15) is 0 Å². The maximum Gasteiger partial charge on any atom is 0.229 e. The summed E-state index contributed by atoms with van der Waals surface area (Å²) in [6.45, 7) is 4.11. The molecule has 0 amide bonds. The Morgan fingerprint density at radius 2 is 1.88 bits per heavy atom. The van der Waals surface area contributed by atoms with Crippen molar-refractivity contribution in [3.05, 3.63) is 59.7 Å². The second kappa shape index (κ2) is 6.91. The van der Waals surface area contributed by atoms with Crippen LogP contribution in [0.5, 0.6) is 0 Å². The number of hydrogen-bond acceptors (Lipinski definition) is 4. The van der Waals surface area contributed by atoms with Crippen LogP contribution < -0.4 is 5.32 Å². The number of rotatable bonds is 4. The van der Waals surface area contributed by atoms with Gasteiger partial charge in [0.15, 0.2) is 5.82 Å². The number of benzene rings is 2. The van der Waals surface area contributed by atoms with Gasteiger partial charge < -0.3 is 9.84 Å². The lowest BCUT2D eigenvalue weighted by molar-refractivity contribution is 0.223. The lowest BCUT2D eigenvalue weighted by atomic mass is 9.79. The zero-order valence-electron chi connectivity index (χ0n) is 13.9. The van der Waals surface area contributed by atoms with E-state index in [1.807, 2.05) is 6.92 Å². The highest BCUT2D eigenvalue weighted by atomic mass is 35.5.